The number of nitrogens with zero attached hydrogens (tertiary/aromatic N) is 2. The van der Waals surface area contributed by atoms with Crippen molar-refractivity contribution in [2.24, 2.45) is 0 Å². The number of amides is 1. The Morgan fingerprint density at radius 2 is 1.83 bits per heavy atom. The highest BCUT2D eigenvalue weighted by Crippen LogP contribution is 2.23. The Morgan fingerprint density at radius 3 is 2.62 bits per heavy atom. The molecule has 2 heterocycles. The molecular formula is C19H15FN2O2. The van der Waals surface area contributed by atoms with Gasteiger partial charge in [0.1, 0.15) is 5.82 Å². The summed E-state index contributed by atoms with van der Waals surface area (Å²) in [6, 6.07) is 15.6. The van der Waals surface area contributed by atoms with Crippen LogP contribution in [0.15, 0.2) is 59.1 Å². The molecule has 0 aliphatic carbocycles. The highest BCUT2D eigenvalue weighted by atomic mass is 19.1. The van der Waals surface area contributed by atoms with Crippen LogP contribution in [0.5, 0.6) is 0 Å². The molecule has 0 spiro atoms. The van der Waals surface area contributed by atoms with Crippen LogP contribution in [0.2, 0.25) is 0 Å². The molecule has 0 saturated carbocycles. The van der Waals surface area contributed by atoms with Crippen LogP contribution in [0.1, 0.15) is 21.6 Å². The Morgan fingerprint density at radius 1 is 1.08 bits per heavy atom. The van der Waals surface area contributed by atoms with E-state index in [1.54, 1.807) is 23.1 Å². The van der Waals surface area contributed by atoms with Crippen molar-refractivity contribution in [3.63, 3.8) is 0 Å². The first-order chi connectivity index (χ1) is 11.7. The Bertz CT molecular complexity index is 886. The zero-order valence-corrected chi connectivity index (χ0v) is 12.9. The van der Waals surface area contributed by atoms with Gasteiger partial charge in [0.05, 0.1) is 0 Å². The van der Waals surface area contributed by atoms with Gasteiger partial charge in [-0.3, -0.25) is 4.79 Å². The van der Waals surface area contributed by atoms with Gasteiger partial charge in [0.2, 0.25) is 0 Å². The van der Waals surface area contributed by atoms with Crippen molar-refractivity contribution in [1.29, 1.82) is 0 Å². The normalized spacial score (nSPS) is 13.6. The number of carbonyl (C=O) groups is 1. The number of halogens is 1. The molecule has 1 aromatic heterocycles. The second-order valence-corrected chi connectivity index (χ2v) is 5.83. The van der Waals surface area contributed by atoms with E-state index < -0.39 is 0 Å². The Hall–Kier alpha value is -2.95. The maximum Gasteiger partial charge on any atom is 0.276 e. The third-order valence-electron chi connectivity index (χ3n) is 4.28. The van der Waals surface area contributed by atoms with Crippen molar-refractivity contribution in [2.45, 2.75) is 13.0 Å². The first-order valence-electron chi connectivity index (χ1n) is 7.79. The molecule has 1 aliphatic rings. The number of hydrogen-bond acceptors (Lipinski definition) is 3. The standard InChI is InChI=1S/C19H15FN2O2/c20-16-7-5-14(6-8-16)18-11-17(21-24-18)19(23)22-10-9-13-3-1-2-4-15(13)12-22/h1-8,11H,9-10,12H2. The van der Waals surface area contributed by atoms with Gasteiger partial charge in [-0.15, -0.1) is 0 Å². The number of benzene rings is 2. The van der Waals surface area contributed by atoms with E-state index in [0.29, 0.717) is 24.4 Å². The fourth-order valence-electron chi connectivity index (χ4n) is 2.96. The summed E-state index contributed by atoms with van der Waals surface area (Å²) in [6.45, 7) is 1.24. The SMILES string of the molecule is O=C(c1cc(-c2ccc(F)cc2)on1)N1CCc2ccccc2C1. The highest BCUT2D eigenvalue weighted by Gasteiger charge is 2.24. The lowest BCUT2D eigenvalue weighted by Crippen LogP contribution is -2.36. The predicted octanol–water partition coefficient (Wildman–Crippen LogP) is 3.68. The van der Waals surface area contributed by atoms with Gasteiger partial charge in [-0.2, -0.15) is 0 Å². The quantitative estimate of drug-likeness (QED) is 0.723. The summed E-state index contributed by atoms with van der Waals surface area (Å²) in [5.74, 6) is -0.0149. The summed E-state index contributed by atoms with van der Waals surface area (Å²) in [5, 5.41) is 3.89. The molecule has 0 N–H and O–H groups in total. The molecule has 1 amide bonds. The summed E-state index contributed by atoms with van der Waals surface area (Å²) in [7, 11) is 0. The van der Waals surface area contributed by atoms with Crippen LogP contribution in [0.3, 0.4) is 0 Å². The monoisotopic (exact) mass is 322 g/mol. The van der Waals surface area contributed by atoms with Crippen LogP contribution in [-0.4, -0.2) is 22.5 Å². The van der Waals surface area contributed by atoms with E-state index in [-0.39, 0.29) is 17.4 Å². The zero-order chi connectivity index (χ0) is 16.5. The molecule has 4 nitrogen and oxygen atoms in total. The van der Waals surface area contributed by atoms with Gasteiger partial charge in [-0.25, -0.2) is 4.39 Å². The maximum atomic E-state index is 13.0. The first kappa shape index (κ1) is 14.6. The van der Waals surface area contributed by atoms with Crippen molar-refractivity contribution in [3.8, 4) is 11.3 Å². The molecule has 120 valence electrons. The summed E-state index contributed by atoms with van der Waals surface area (Å²) in [6.07, 6.45) is 0.838. The van der Waals surface area contributed by atoms with Crippen molar-refractivity contribution in [3.05, 3.63) is 77.2 Å². The van der Waals surface area contributed by atoms with Crippen LogP contribution in [-0.2, 0) is 13.0 Å². The summed E-state index contributed by atoms with van der Waals surface area (Å²) < 4.78 is 18.2. The minimum absolute atomic E-state index is 0.151. The molecule has 0 saturated heterocycles. The minimum Gasteiger partial charge on any atom is -0.355 e. The van der Waals surface area contributed by atoms with Gasteiger partial charge in [0.25, 0.3) is 5.91 Å². The van der Waals surface area contributed by atoms with Crippen LogP contribution >= 0.6 is 0 Å². The number of hydrogen-bond donors (Lipinski definition) is 0. The summed E-state index contributed by atoms with van der Waals surface area (Å²) in [5.41, 5.74) is 3.41. The smallest absolute Gasteiger partial charge is 0.276 e. The average Bonchev–Trinajstić information content (AvgIpc) is 3.11. The van der Waals surface area contributed by atoms with E-state index in [9.17, 15) is 9.18 Å². The summed E-state index contributed by atoms with van der Waals surface area (Å²) >= 11 is 0. The molecule has 4 rings (SSSR count). The van der Waals surface area contributed by atoms with E-state index in [4.69, 9.17) is 4.52 Å². The lowest BCUT2D eigenvalue weighted by Gasteiger charge is -2.28. The van der Waals surface area contributed by atoms with Crippen molar-refractivity contribution < 1.29 is 13.7 Å². The number of aromatic nitrogens is 1. The van der Waals surface area contributed by atoms with Crippen molar-refractivity contribution >= 4 is 5.91 Å². The van der Waals surface area contributed by atoms with E-state index in [1.807, 2.05) is 18.2 Å². The molecule has 3 aromatic rings. The largest absolute Gasteiger partial charge is 0.355 e. The summed E-state index contributed by atoms with van der Waals surface area (Å²) in [4.78, 5) is 14.4. The lowest BCUT2D eigenvalue weighted by molar-refractivity contribution is 0.0724. The van der Waals surface area contributed by atoms with Gasteiger partial charge < -0.3 is 9.42 Å². The average molecular weight is 322 g/mol. The number of carbonyl (C=O) groups excluding carboxylic acids is 1. The third kappa shape index (κ3) is 2.69. The molecule has 0 radical (unpaired) electrons. The van der Waals surface area contributed by atoms with E-state index in [2.05, 4.69) is 11.2 Å². The molecule has 0 unspecified atom stereocenters. The highest BCUT2D eigenvalue weighted by molar-refractivity contribution is 5.93. The molecular weight excluding hydrogens is 307 g/mol. The third-order valence-corrected chi connectivity index (χ3v) is 4.28. The number of fused-ring (bicyclic) bond motifs is 1. The minimum atomic E-state index is -0.318. The molecule has 5 heteroatoms. The number of rotatable bonds is 2. The topological polar surface area (TPSA) is 46.3 Å². The Balaban J connectivity index is 1.55. The van der Waals surface area contributed by atoms with Gasteiger partial charge >= 0.3 is 0 Å². The van der Waals surface area contributed by atoms with E-state index in [1.165, 1.54) is 23.3 Å². The van der Waals surface area contributed by atoms with Gasteiger partial charge in [0.15, 0.2) is 11.5 Å². The first-order valence-corrected chi connectivity index (χ1v) is 7.79. The van der Waals surface area contributed by atoms with Crippen molar-refractivity contribution in [1.82, 2.24) is 10.1 Å². The van der Waals surface area contributed by atoms with Crippen LogP contribution in [0, 0.1) is 5.82 Å². The Kier molecular flexibility index (Phi) is 3.61. The van der Waals surface area contributed by atoms with Gasteiger partial charge in [0, 0.05) is 24.7 Å². The molecule has 1 aliphatic heterocycles. The molecule has 0 atom stereocenters. The van der Waals surface area contributed by atoms with Crippen molar-refractivity contribution in [2.75, 3.05) is 6.54 Å². The second kappa shape index (κ2) is 5.92. The predicted molar refractivity (Wildman–Crippen MR) is 86.8 cm³/mol. The van der Waals surface area contributed by atoms with Crippen LogP contribution < -0.4 is 0 Å². The second-order valence-electron chi connectivity index (χ2n) is 5.83. The zero-order valence-electron chi connectivity index (χ0n) is 12.9. The fraction of sp³-hybridized carbons (Fsp3) is 0.158. The Labute approximate surface area is 138 Å². The molecule has 2 aromatic carbocycles. The van der Waals surface area contributed by atoms with Crippen LogP contribution in [0.4, 0.5) is 4.39 Å². The van der Waals surface area contributed by atoms with E-state index in [0.717, 1.165) is 6.42 Å². The fourth-order valence-corrected chi connectivity index (χ4v) is 2.96. The van der Waals surface area contributed by atoms with Gasteiger partial charge in [-0.1, -0.05) is 29.4 Å². The lowest BCUT2D eigenvalue weighted by atomic mass is 10.00. The van der Waals surface area contributed by atoms with Gasteiger partial charge in [-0.05, 0) is 41.8 Å². The molecule has 24 heavy (non-hydrogen) atoms. The maximum absolute atomic E-state index is 13.0. The molecule has 0 bridgehead atoms. The molecule has 0 fully saturated rings. The van der Waals surface area contributed by atoms with Crippen LogP contribution in [0.25, 0.3) is 11.3 Å². The van der Waals surface area contributed by atoms with E-state index >= 15 is 0 Å².